The molecule has 0 spiro atoms. The summed E-state index contributed by atoms with van der Waals surface area (Å²) < 4.78 is 4.70. The minimum absolute atomic E-state index is 0.0647. The molecule has 2 aromatic rings. The number of anilines is 2. The molecular formula is C20H22N4O4. The van der Waals surface area contributed by atoms with Gasteiger partial charge in [0.25, 0.3) is 5.91 Å². The fourth-order valence-corrected chi connectivity index (χ4v) is 3.03. The van der Waals surface area contributed by atoms with Gasteiger partial charge in [-0.3, -0.25) is 9.59 Å². The van der Waals surface area contributed by atoms with E-state index in [1.807, 2.05) is 4.90 Å². The van der Waals surface area contributed by atoms with Crippen molar-refractivity contribution in [3.63, 3.8) is 0 Å². The van der Waals surface area contributed by atoms with Gasteiger partial charge in [0.05, 0.1) is 12.7 Å². The molecule has 1 N–H and O–H groups in total. The summed E-state index contributed by atoms with van der Waals surface area (Å²) in [4.78, 5) is 43.9. The normalized spacial score (nSPS) is 13.8. The van der Waals surface area contributed by atoms with Crippen LogP contribution in [0.1, 0.15) is 27.6 Å². The fraction of sp³-hybridized carbons (Fsp3) is 0.300. The van der Waals surface area contributed by atoms with E-state index in [-0.39, 0.29) is 11.8 Å². The molecule has 1 fully saturated rings. The van der Waals surface area contributed by atoms with Crippen molar-refractivity contribution in [3.8, 4) is 0 Å². The molecule has 1 aliphatic heterocycles. The molecule has 1 saturated heterocycles. The van der Waals surface area contributed by atoms with Crippen LogP contribution in [-0.2, 0) is 9.53 Å². The summed E-state index contributed by atoms with van der Waals surface area (Å²) in [5.41, 5.74) is 1.32. The lowest BCUT2D eigenvalue weighted by Gasteiger charge is -2.35. The molecule has 0 unspecified atom stereocenters. The third-order valence-corrected chi connectivity index (χ3v) is 4.60. The van der Waals surface area contributed by atoms with E-state index in [0.717, 1.165) is 0 Å². The largest absolute Gasteiger partial charge is 0.465 e. The van der Waals surface area contributed by atoms with Crippen LogP contribution in [0.4, 0.5) is 11.5 Å². The van der Waals surface area contributed by atoms with Gasteiger partial charge in [0.1, 0.15) is 5.82 Å². The van der Waals surface area contributed by atoms with Crippen LogP contribution in [0.25, 0.3) is 0 Å². The van der Waals surface area contributed by atoms with E-state index >= 15 is 0 Å². The van der Waals surface area contributed by atoms with E-state index in [9.17, 15) is 14.4 Å². The topological polar surface area (TPSA) is 91.8 Å². The maximum absolute atomic E-state index is 12.6. The molecule has 146 valence electrons. The Morgan fingerprint density at radius 1 is 1.04 bits per heavy atom. The molecule has 1 aromatic heterocycles. The highest BCUT2D eigenvalue weighted by Crippen LogP contribution is 2.17. The molecule has 0 aliphatic carbocycles. The predicted octanol–water partition coefficient (Wildman–Crippen LogP) is 1.79. The van der Waals surface area contributed by atoms with Crippen LogP contribution in [0.5, 0.6) is 0 Å². The van der Waals surface area contributed by atoms with E-state index < -0.39 is 5.97 Å². The zero-order chi connectivity index (χ0) is 20.1. The molecule has 0 bridgehead atoms. The van der Waals surface area contributed by atoms with Crippen molar-refractivity contribution in [2.75, 3.05) is 43.5 Å². The molecule has 0 atom stereocenters. The Hall–Kier alpha value is -3.42. The number of benzene rings is 1. The second-order valence-electron chi connectivity index (χ2n) is 6.42. The van der Waals surface area contributed by atoms with Gasteiger partial charge in [0.2, 0.25) is 5.91 Å². The minimum Gasteiger partial charge on any atom is -0.465 e. The summed E-state index contributed by atoms with van der Waals surface area (Å²) in [5, 5.41) is 2.78. The van der Waals surface area contributed by atoms with Gasteiger partial charge >= 0.3 is 5.97 Å². The number of carbonyl (C=O) groups excluding carboxylic acids is 3. The van der Waals surface area contributed by atoms with E-state index in [1.54, 1.807) is 54.4 Å². The summed E-state index contributed by atoms with van der Waals surface area (Å²) in [6, 6.07) is 9.92. The van der Waals surface area contributed by atoms with Crippen LogP contribution in [-0.4, -0.2) is 61.0 Å². The van der Waals surface area contributed by atoms with Crippen LogP contribution >= 0.6 is 0 Å². The van der Waals surface area contributed by atoms with Gasteiger partial charge in [0.15, 0.2) is 0 Å². The molecule has 1 aromatic carbocycles. The Kier molecular flexibility index (Phi) is 5.88. The standard InChI is InChI=1S/C20H22N4O4/c1-14(25)23-8-10-24(11-9-23)18-13-15(6-7-21-18)19(26)22-17-5-3-4-16(12-17)20(27)28-2/h3-7,12-13H,8-11H2,1-2H3,(H,22,26). The highest BCUT2D eigenvalue weighted by atomic mass is 16.5. The molecule has 2 amide bonds. The number of nitrogens with zero attached hydrogens (tertiary/aromatic N) is 3. The summed E-state index contributed by atoms with van der Waals surface area (Å²) in [6.07, 6.45) is 1.59. The molecule has 1 aliphatic rings. The lowest BCUT2D eigenvalue weighted by molar-refractivity contribution is -0.129. The van der Waals surface area contributed by atoms with Gasteiger partial charge in [0, 0.05) is 50.6 Å². The maximum Gasteiger partial charge on any atom is 0.337 e. The number of pyridine rings is 1. The lowest BCUT2D eigenvalue weighted by Crippen LogP contribution is -2.48. The van der Waals surface area contributed by atoms with Gasteiger partial charge in [-0.2, -0.15) is 0 Å². The third-order valence-electron chi connectivity index (χ3n) is 4.60. The Morgan fingerprint density at radius 3 is 2.46 bits per heavy atom. The first kappa shape index (κ1) is 19.3. The molecule has 3 rings (SSSR count). The van der Waals surface area contributed by atoms with Crippen LogP contribution in [0, 0.1) is 0 Å². The van der Waals surface area contributed by atoms with Crippen molar-refractivity contribution in [2.45, 2.75) is 6.92 Å². The average Bonchev–Trinajstić information content (AvgIpc) is 2.73. The van der Waals surface area contributed by atoms with Crippen molar-refractivity contribution < 1.29 is 19.1 Å². The van der Waals surface area contributed by atoms with Crippen molar-refractivity contribution in [1.29, 1.82) is 0 Å². The van der Waals surface area contributed by atoms with E-state index in [4.69, 9.17) is 4.74 Å². The van der Waals surface area contributed by atoms with Crippen molar-refractivity contribution in [1.82, 2.24) is 9.88 Å². The smallest absolute Gasteiger partial charge is 0.337 e. The monoisotopic (exact) mass is 382 g/mol. The van der Waals surface area contributed by atoms with Crippen LogP contribution in [0.3, 0.4) is 0 Å². The highest BCUT2D eigenvalue weighted by Gasteiger charge is 2.20. The summed E-state index contributed by atoms with van der Waals surface area (Å²) in [6.45, 7) is 4.16. The van der Waals surface area contributed by atoms with Gasteiger partial charge in [-0.05, 0) is 30.3 Å². The number of amides is 2. The Morgan fingerprint density at radius 2 is 1.79 bits per heavy atom. The SMILES string of the molecule is COC(=O)c1cccc(NC(=O)c2ccnc(N3CCN(C(C)=O)CC3)c2)c1. The van der Waals surface area contributed by atoms with Crippen molar-refractivity contribution in [3.05, 3.63) is 53.7 Å². The van der Waals surface area contributed by atoms with Gasteiger partial charge in [-0.15, -0.1) is 0 Å². The van der Waals surface area contributed by atoms with Gasteiger partial charge < -0.3 is 19.9 Å². The van der Waals surface area contributed by atoms with Gasteiger partial charge in [-0.1, -0.05) is 6.07 Å². The van der Waals surface area contributed by atoms with Crippen molar-refractivity contribution >= 4 is 29.3 Å². The van der Waals surface area contributed by atoms with Crippen molar-refractivity contribution in [2.24, 2.45) is 0 Å². The second-order valence-corrected chi connectivity index (χ2v) is 6.42. The predicted molar refractivity (Wildman–Crippen MR) is 104 cm³/mol. The zero-order valence-electron chi connectivity index (χ0n) is 15.8. The molecule has 28 heavy (non-hydrogen) atoms. The quantitative estimate of drug-likeness (QED) is 0.811. The molecule has 8 nitrogen and oxygen atoms in total. The Labute approximate surface area is 163 Å². The molecule has 0 radical (unpaired) electrons. The lowest BCUT2D eigenvalue weighted by atomic mass is 10.2. The van der Waals surface area contributed by atoms with E-state index in [2.05, 4.69) is 10.3 Å². The number of aromatic nitrogens is 1. The highest BCUT2D eigenvalue weighted by molar-refractivity contribution is 6.05. The minimum atomic E-state index is -0.466. The van der Waals surface area contributed by atoms with Crippen LogP contribution in [0.2, 0.25) is 0 Å². The summed E-state index contributed by atoms with van der Waals surface area (Å²) in [5.74, 6) is -0.00544. The Bertz CT molecular complexity index is 891. The number of nitrogens with one attached hydrogen (secondary N) is 1. The average molecular weight is 382 g/mol. The number of ether oxygens (including phenoxy) is 1. The fourth-order valence-electron chi connectivity index (χ4n) is 3.03. The summed E-state index contributed by atoms with van der Waals surface area (Å²) in [7, 11) is 1.31. The number of hydrogen-bond acceptors (Lipinski definition) is 6. The number of esters is 1. The molecule has 2 heterocycles. The number of methoxy groups -OCH3 is 1. The molecular weight excluding hydrogens is 360 g/mol. The van der Waals surface area contributed by atoms with Crippen LogP contribution < -0.4 is 10.2 Å². The maximum atomic E-state index is 12.6. The number of hydrogen-bond donors (Lipinski definition) is 1. The number of rotatable bonds is 4. The van der Waals surface area contributed by atoms with Gasteiger partial charge in [-0.25, -0.2) is 9.78 Å². The van der Waals surface area contributed by atoms with E-state index in [0.29, 0.717) is 48.8 Å². The number of piperazine rings is 1. The summed E-state index contributed by atoms with van der Waals surface area (Å²) >= 11 is 0. The zero-order valence-corrected chi connectivity index (χ0v) is 15.8. The molecule has 0 saturated carbocycles. The first-order valence-corrected chi connectivity index (χ1v) is 8.94. The first-order chi connectivity index (χ1) is 13.5. The Balaban J connectivity index is 1.69. The first-order valence-electron chi connectivity index (χ1n) is 8.94. The van der Waals surface area contributed by atoms with E-state index in [1.165, 1.54) is 7.11 Å². The third kappa shape index (κ3) is 4.46. The van der Waals surface area contributed by atoms with Crippen LogP contribution in [0.15, 0.2) is 42.6 Å². The number of carbonyl (C=O) groups is 3. The molecule has 8 heteroatoms. The second kappa shape index (κ2) is 8.51.